The monoisotopic (exact) mass is 489 g/mol. The van der Waals surface area contributed by atoms with E-state index >= 15 is 0 Å². The van der Waals surface area contributed by atoms with Crippen LogP contribution in [-0.4, -0.2) is 45.6 Å². The standard InChI is InChI=1S/C20H21F2N9O2S/c1-3-6-34(32,33)31-19-16(22)17(13(21)10-27-19)30-20-18(24-4-5-25-20)14-7-15(29-11-28-14)26-9-12(2)8-23/h4-5,7,10-12H,3,6,9H2,1-2H3,(H,26,28,29)(H2,25,27,30,31). The van der Waals surface area contributed by atoms with Crippen molar-refractivity contribution in [1.82, 2.24) is 24.9 Å². The number of nitrogens with one attached hydrogen (secondary N) is 3. The first kappa shape index (κ1) is 24.6. The summed E-state index contributed by atoms with van der Waals surface area (Å²) in [5, 5.41) is 14.4. The Morgan fingerprint density at radius 1 is 1.12 bits per heavy atom. The van der Waals surface area contributed by atoms with Crippen LogP contribution in [0.15, 0.2) is 31.0 Å². The van der Waals surface area contributed by atoms with Crippen molar-refractivity contribution in [3.8, 4) is 17.5 Å². The molecule has 0 spiro atoms. The molecule has 3 aromatic rings. The number of sulfonamides is 1. The van der Waals surface area contributed by atoms with Crippen molar-refractivity contribution >= 4 is 33.2 Å². The van der Waals surface area contributed by atoms with Crippen molar-refractivity contribution in [1.29, 1.82) is 5.26 Å². The number of hydrogen-bond donors (Lipinski definition) is 3. The molecule has 3 aromatic heterocycles. The van der Waals surface area contributed by atoms with Crippen molar-refractivity contribution in [2.75, 3.05) is 27.7 Å². The number of hydrogen-bond acceptors (Lipinski definition) is 10. The molecular formula is C20H21F2N9O2S. The van der Waals surface area contributed by atoms with Crippen LogP contribution in [0.25, 0.3) is 11.4 Å². The first-order valence-corrected chi connectivity index (χ1v) is 11.8. The summed E-state index contributed by atoms with van der Waals surface area (Å²) >= 11 is 0. The van der Waals surface area contributed by atoms with E-state index in [1.54, 1.807) is 19.9 Å². The number of anilines is 4. The van der Waals surface area contributed by atoms with E-state index in [4.69, 9.17) is 5.26 Å². The van der Waals surface area contributed by atoms with Crippen LogP contribution in [0.5, 0.6) is 0 Å². The predicted molar refractivity (Wildman–Crippen MR) is 121 cm³/mol. The summed E-state index contributed by atoms with van der Waals surface area (Å²) in [5.74, 6) is -3.09. The van der Waals surface area contributed by atoms with Crippen LogP contribution in [0, 0.1) is 28.9 Å². The molecule has 0 saturated heterocycles. The molecule has 0 fully saturated rings. The smallest absolute Gasteiger partial charge is 0.233 e. The van der Waals surface area contributed by atoms with E-state index in [2.05, 4.69) is 41.6 Å². The van der Waals surface area contributed by atoms with Crippen molar-refractivity contribution in [3.63, 3.8) is 0 Å². The van der Waals surface area contributed by atoms with E-state index < -0.39 is 33.2 Å². The second kappa shape index (κ2) is 10.8. The van der Waals surface area contributed by atoms with E-state index in [0.717, 1.165) is 0 Å². The van der Waals surface area contributed by atoms with E-state index in [9.17, 15) is 17.2 Å². The van der Waals surface area contributed by atoms with Crippen molar-refractivity contribution in [3.05, 3.63) is 42.6 Å². The largest absolute Gasteiger partial charge is 0.369 e. The van der Waals surface area contributed by atoms with Gasteiger partial charge in [0.1, 0.15) is 23.5 Å². The molecule has 3 heterocycles. The lowest BCUT2D eigenvalue weighted by atomic mass is 10.2. The molecule has 1 atom stereocenters. The second-order valence-corrected chi connectivity index (χ2v) is 8.98. The lowest BCUT2D eigenvalue weighted by Crippen LogP contribution is -2.18. The molecule has 0 radical (unpaired) electrons. The van der Waals surface area contributed by atoms with Crippen LogP contribution >= 0.6 is 0 Å². The molecule has 0 saturated carbocycles. The Labute approximate surface area is 194 Å². The SMILES string of the molecule is CCCS(=O)(=O)Nc1ncc(F)c(Nc2nccnc2-c2cc(NCC(C)C#N)ncn2)c1F. The van der Waals surface area contributed by atoms with E-state index in [1.165, 1.54) is 18.7 Å². The Morgan fingerprint density at radius 3 is 2.62 bits per heavy atom. The number of nitriles is 1. The highest BCUT2D eigenvalue weighted by Gasteiger charge is 2.21. The molecule has 0 aromatic carbocycles. The van der Waals surface area contributed by atoms with Crippen LogP contribution in [0.2, 0.25) is 0 Å². The summed E-state index contributed by atoms with van der Waals surface area (Å²) in [6.45, 7) is 3.74. The Morgan fingerprint density at radius 2 is 1.88 bits per heavy atom. The van der Waals surface area contributed by atoms with Gasteiger partial charge in [-0.2, -0.15) is 5.26 Å². The quantitative estimate of drug-likeness (QED) is 0.386. The third-order valence-electron chi connectivity index (χ3n) is 4.36. The number of halogens is 2. The van der Waals surface area contributed by atoms with Crippen molar-refractivity contribution < 1.29 is 17.2 Å². The summed E-state index contributed by atoms with van der Waals surface area (Å²) < 4.78 is 55.5. The first-order valence-electron chi connectivity index (χ1n) is 10.1. The fourth-order valence-corrected chi connectivity index (χ4v) is 3.82. The topological polar surface area (TPSA) is 158 Å². The Bertz CT molecular complexity index is 1320. The van der Waals surface area contributed by atoms with Gasteiger partial charge in [0.2, 0.25) is 10.0 Å². The number of pyridine rings is 1. The summed E-state index contributed by atoms with van der Waals surface area (Å²) in [6.07, 6.45) is 4.94. The summed E-state index contributed by atoms with van der Waals surface area (Å²) in [4.78, 5) is 20.0. The van der Waals surface area contributed by atoms with Crippen molar-refractivity contribution in [2.24, 2.45) is 5.92 Å². The van der Waals surface area contributed by atoms with Gasteiger partial charge in [-0.25, -0.2) is 42.1 Å². The van der Waals surface area contributed by atoms with Gasteiger partial charge >= 0.3 is 0 Å². The maximum atomic E-state index is 15.0. The summed E-state index contributed by atoms with van der Waals surface area (Å²) in [6, 6.07) is 3.64. The number of aromatic nitrogens is 5. The molecule has 14 heteroatoms. The molecular weight excluding hydrogens is 468 g/mol. The Hall–Kier alpha value is -3.99. The fourth-order valence-electron chi connectivity index (χ4n) is 2.74. The first-order chi connectivity index (χ1) is 16.2. The average molecular weight is 490 g/mol. The molecule has 34 heavy (non-hydrogen) atoms. The number of nitrogens with zero attached hydrogens (tertiary/aromatic N) is 6. The fraction of sp³-hybridized carbons (Fsp3) is 0.300. The van der Waals surface area contributed by atoms with Gasteiger partial charge < -0.3 is 10.6 Å². The van der Waals surface area contributed by atoms with Gasteiger partial charge in [0, 0.05) is 25.0 Å². The molecule has 1 unspecified atom stereocenters. The van der Waals surface area contributed by atoms with E-state index in [0.29, 0.717) is 25.0 Å². The molecule has 0 aliphatic heterocycles. The van der Waals surface area contributed by atoms with Gasteiger partial charge in [0.15, 0.2) is 23.3 Å². The highest BCUT2D eigenvalue weighted by Crippen LogP contribution is 2.30. The minimum absolute atomic E-state index is 0.0380. The molecule has 0 aliphatic rings. The molecule has 0 aliphatic carbocycles. The lowest BCUT2D eigenvalue weighted by Gasteiger charge is -2.14. The predicted octanol–water partition coefficient (Wildman–Crippen LogP) is 3.07. The van der Waals surface area contributed by atoms with E-state index in [1.807, 2.05) is 4.72 Å². The zero-order chi connectivity index (χ0) is 24.7. The minimum Gasteiger partial charge on any atom is -0.369 e. The second-order valence-electron chi connectivity index (χ2n) is 7.14. The van der Waals surface area contributed by atoms with Crippen LogP contribution in [0.1, 0.15) is 20.3 Å². The van der Waals surface area contributed by atoms with E-state index in [-0.39, 0.29) is 28.9 Å². The molecule has 3 rings (SSSR count). The van der Waals surface area contributed by atoms with Gasteiger partial charge in [-0.3, -0.25) is 4.72 Å². The maximum absolute atomic E-state index is 15.0. The zero-order valence-electron chi connectivity index (χ0n) is 18.2. The third kappa shape index (κ3) is 6.07. The molecule has 0 amide bonds. The highest BCUT2D eigenvalue weighted by molar-refractivity contribution is 7.92. The van der Waals surface area contributed by atoms with Gasteiger partial charge in [0.25, 0.3) is 0 Å². The Balaban J connectivity index is 1.94. The van der Waals surface area contributed by atoms with Gasteiger partial charge in [-0.05, 0) is 13.3 Å². The van der Waals surface area contributed by atoms with Gasteiger partial charge in [-0.15, -0.1) is 0 Å². The van der Waals surface area contributed by atoms with Crippen LogP contribution in [0.3, 0.4) is 0 Å². The third-order valence-corrected chi connectivity index (χ3v) is 5.81. The molecule has 0 bridgehead atoms. The summed E-state index contributed by atoms with van der Waals surface area (Å²) in [7, 11) is -3.85. The molecule has 178 valence electrons. The maximum Gasteiger partial charge on any atom is 0.233 e. The summed E-state index contributed by atoms with van der Waals surface area (Å²) in [5.41, 5.74) is -0.220. The van der Waals surface area contributed by atoms with Gasteiger partial charge in [0.05, 0.1) is 29.6 Å². The van der Waals surface area contributed by atoms with Crippen LogP contribution in [-0.2, 0) is 10.0 Å². The van der Waals surface area contributed by atoms with Crippen molar-refractivity contribution in [2.45, 2.75) is 20.3 Å². The zero-order valence-corrected chi connectivity index (χ0v) is 19.1. The van der Waals surface area contributed by atoms with Gasteiger partial charge in [-0.1, -0.05) is 6.92 Å². The average Bonchev–Trinajstić information content (AvgIpc) is 2.82. The van der Waals surface area contributed by atoms with Crippen LogP contribution < -0.4 is 15.4 Å². The van der Waals surface area contributed by atoms with Crippen LogP contribution in [0.4, 0.5) is 31.9 Å². The lowest BCUT2D eigenvalue weighted by molar-refractivity contribution is 0.580. The number of rotatable bonds is 10. The minimum atomic E-state index is -3.85. The highest BCUT2D eigenvalue weighted by atomic mass is 32.2. The normalized spacial score (nSPS) is 12.0. The molecule has 3 N–H and O–H groups in total. The Kier molecular flexibility index (Phi) is 7.79. The molecule has 11 nitrogen and oxygen atoms in total.